The van der Waals surface area contributed by atoms with E-state index in [2.05, 4.69) is 10.6 Å². The number of anilines is 2. The summed E-state index contributed by atoms with van der Waals surface area (Å²) in [5.41, 5.74) is 7.58. The molecule has 0 heterocycles. The van der Waals surface area contributed by atoms with Crippen LogP contribution in [0.4, 0.5) is 11.4 Å². The van der Waals surface area contributed by atoms with Crippen LogP contribution in [0.25, 0.3) is 0 Å². The summed E-state index contributed by atoms with van der Waals surface area (Å²) in [6.45, 7) is 1.99. The van der Waals surface area contributed by atoms with Crippen molar-refractivity contribution >= 4 is 17.3 Å². The molecule has 0 fully saturated rings. The monoisotopic (exact) mass is 237 g/mol. The number of aliphatic hydroxyl groups is 1. The Morgan fingerprint density at radius 1 is 1.53 bits per heavy atom. The molecule has 1 aromatic rings. The van der Waals surface area contributed by atoms with Crippen LogP contribution in [-0.4, -0.2) is 30.7 Å². The number of amides is 1. The van der Waals surface area contributed by atoms with Gasteiger partial charge in [0.05, 0.1) is 18.0 Å². The normalized spacial score (nSPS) is 11.9. The minimum Gasteiger partial charge on any atom is -0.397 e. The summed E-state index contributed by atoms with van der Waals surface area (Å²) in [6, 6.07) is 4.97. The van der Waals surface area contributed by atoms with Crippen LogP contribution in [0.15, 0.2) is 18.2 Å². The highest BCUT2D eigenvalue weighted by atomic mass is 16.3. The van der Waals surface area contributed by atoms with Gasteiger partial charge in [-0.2, -0.15) is 0 Å². The molecule has 17 heavy (non-hydrogen) atoms. The lowest BCUT2D eigenvalue weighted by atomic mass is 10.1. The highest BCUT2D eigenvalue weighted by Crippen LogP contribution is 2.21. The fourth-order valence-electron chi connectivity index (χ4n) is 1.46. The van der Waals surface area contributed by atoms with Crippen molar-refractivity contribution in [2.24, 2.45) is 0 Å². The van der Waals surface area contributed by atoms with E-state index in [0.717, 1.165) is 6.42 Å². The van der Waals surface area contributed by atoms with Crippen LogP contribution in [0.5, 0.6) is 0 Å². The second-order valence-corrected chi connectivity index (χ2v) is 3.81. The minimum absolute atomic E-state index is 0.0279. The van der Waals surface area contributed by atoms with Gasteiger partial charge in [0.15, 0.2) is 0 Å². The largest absolute Gasteiger partial charge is 0.397 e. The molecule has 0 aliphatic rings. The predicted molar refractivity (Wildman–Crippen MR) is 69.0 cm³/mol. The SMILES string of the molecule is CCC(CO)Nc1cc(C(=O)NC)ccc1N. The Morgan fingerprint density at radius 2 is 2.24 bits per heavy atom. The Morgan fingerprint density at radius 3 is 2.76 bits per heavy atom. The number of nitrogens with one attached hydrogen (secondary N) is 2. The van der Waals surface area contributed by atoms with Crippen molar-refractivity contribution in [3.63, 3.8) is 0 Å². The van der Waals surface area contributed by atoms with E-state index in [4.69, 9.17) is 10.8 Å². The van der Waals surface area contributed by atoms with Crippen LogP contribution in [0.2, 0.25) is 0 Å². The highest BCUT2D eigenvalue weighted by molar-refractivity contribution is 5.96. The second-order valence-electron chi connectivity index (χ2n) is 3.81. The summed E-state index contributed by atoms with van der Waals surface area (Å²) in [5, 5.41) is 14.8. The molecule has 0 radical (unpaired) electrons. The zero-order chi connectivity index (χ0) is 12.8. The third-order valence-electron chi connectivity index (χ3n) is 2.62. The first kappa shape index (κ1) is 13.3. The molecular weight excluding hydrogens is 218 g/mol. The number of nitrogen functional groups attached to an aromatic ring is 1. The van der Waals surface area contributed by atoms with Crippen molar-refractivity contribution in [3.05, 3.63) is 23.8 Å². The molecule has 1 rings (SSSR count). The van der Waals surface area contributed by atoms with E-state index in [0.29, 0.717) is 16.9 Å². The molecule has 5 N–H and O–H groups in total. The first-order valence-electron chi connectivity index (χ1n) is 5.61. The number of rotatable bonds is 5. The van der Waals surface area contributed by atoms with Gasteiger partial charge in [-0.3, -0.25) is 4.79 Å². The van der Waals surface area contributed by atoms with Crippen molar-refractivity contribution in [1.82, 2.24) is 5.32 Å². The minimum atomic E-state index is -0.162. The van der Waals surface area contributed by atoms with Crippen LogP contribution in [-0.2, 0) is 0 Å². The molecule has 1 atom stereocenters. The molecule has 94 valence electrons. The molecule has 5 nitrogen and oxygen atoms in total. The quantitative estimate of drug-likeness (QED) is 0.571. The maximum absolute atomic E-state index is 11.5. The standard InChI is InChI=1S/C12H19N3O2/c1-3-9(7-16)15-11-6-8(12(17)14-2)4-5-10(11)13/h4-6,9,15-16H,3,7,13H2,1-2H3,(H,14,17). The fourth-order valence-corrected chi connectivity index (χ4v) is 1.46. The van der Waals surface area contributed by atoms with Crippen LogP contribution in [0.3, 0.4) is 0 Å². The van der Waals surface area contributed by atoms with Gasteiger partial charge in [-0.25, -0.2) is 0 Å². The molecule has 1 amide bonds. The Labute approximate surface area is 101 Å². The van der Waals surface area contributed by atoms with Crippen LogP contribution >= 0.6 is 0 Å². The molecule has 0 aliphatic carbocycles. The zero-order valence-corrected chi connectivity index (χ0v) is 10.2. The first-order chi connectivity index (χ1) is 8.12. The highest BCUT2D eigenvalue weighted by Gasteiger charge is 2.10. The van der Waals surface area contributed by atoms with E-state index in [9.17, 15) is 4.79 Å². The Balaban J connectivity index is 2.94. The summed E-state index contributed by atoms with van der Waals surface area (Å²) >= 11 is 0. The molecule has 1 unspecified atom stereocenters. The van der Waals surface area contributed by atoms with Gasteiger partial charge < -0.3 is 21.5 Å². The average molecular weight is 237 g/mol. The molecule has 1 aromatic carbocycles. The molecular formula is C12H19N3O2. The summed E-state index contributed by atoms with van der Waals surface area (Å²) in [7, 11) is 1.58. The van der Waals surface area contributed by atoms with Gasteiger partial charge in [-0.15, -0.1) is 0 Å². The fraction of sp³-hybridized carbons (Fsp3) is 0.417. The van der Waals surface area contributed by atoms with Crippen LogP contribution in [0.1, 0.15) is 23.7 Å². The van der Waals surface area contributed by atoms with E-state index >= 15 is 0 Å². The summed E-state index contributed by atoms with van der Waals surface area (Å²) in [6.07, 6.45) is 0.778. The Hall–Kier alpha value is -1.75. The van der Waals surface area contributed by atoms with Crippen molar-refractivity contribution < 1.29 is 9.90 Å². The van der Waals surface area contributed by atoms with Crippen molar-refractivity contribution in [1.29, 1.82) is 0 Å². The maximum Gasteiger partial charge on any atom is 0.251 e. The molecule has 0 aliphatic heterocycles. The molecule has 0 aromatic heterocycles. The summed E-state index contributed by atoms with van der Waals surface area (Å²) < 4.78 is 0. The van der Waals surface area contributed by atoms with E-state index in [-0.39, 0.29) is 18.6 Å². The van der Waals surface area contributed by atoms with Gasteiger partial charge in [0.1, 0.15) is 0 Å². The number of carbonyl (C=O) groups excluding carboxylic acids is 1. The second kappa shape index (κ2) is 6.10. The van der Waals surface area contributed by atoms with Gasteiger partial charge in [-0.05, 0) is 24.6 Å². The lowest BCUT2D eigenvalue weighted by molar-refractivity contribution is 0.0963. The zero-order valence-electron chi connectivity index (χ0n) is 10.2. The molecule has 0 saturated carbocycles. The van der Waals surface area contributed by atoms with Crippen molar-refractivity contribution in [2.45, 2.75) is 19.4 Å². The predicted octanol–water partition coefficient (Wildman–Crippen LogP) is 0.811. The topological polar surface area (TPSA) is 87.4 Å². The van der Waals surface area contributed by atoms with Crippen molar-refractivity contribution in [2.75, 3.05) is 24.7 Å². The van der Waals surface area contributed by atoms with Gasteiger partial charge in [0.25, 0.3) is 5.91 Å². The first-order valence-corrected chi connectivity index (χ1v) is 5.61. The third kappa shape index (κ3) is 3.35. The molecule has 5 heteroatoms. The smallest absolute Gasteiger partial charge is 0.251 e. The van der Waals surface area contributed by atoms with Crippen molar-refractivity contribution in [3.8, 4) is 0 Å². The number of carbonyl (C=O) groups is 1. The van der Waals surface area contributed by atoms with Gasteiger partial charge >= 0.3 is 0 Å². The number of hydrogen-bond acceptors (Lipinski definition) is 4. The van der Waals surface area contributed by atoms with Crippen LogP contribution < -0.4 is 16.4 Å². The van der Waals surface area contributed by atoms with Gasteiger partial charge in [0, 0.05) is 18.7 Å². The van der Waals surface area contributed by atoms with E-state index in [1.807, 2.05) is 6.92 Å². The van der Waals surface area contributed by atoms with E-state index < -0.39 is 0 Å². The number of benzene rings is 1. The molecule has 0 saturated heterocycles. The molecule has 0 bridgehead atoms. The van der Waals surface area contributed by atoms with E-state index in [1.54, 1.807) is 25.2 Å². The Kier molecular flexibility index (Phi) is 4.78. The maximum atomic E-state index is 11.5. The van der Waals surface area contributed by atoms with Gasteiger partial charge in [-0.1, -0.05) is 6.92 Å². The van der Waals surface area contributed by atoms with Crippen LogP contribution in [0, 0.1) is 0 Å². The average Bonchev–Trinajstić information content (AvgIpc) is 2.36. The third-order valence-corrected chi connectivity index (χ3v) is 2.62. The summed E-state index contributed by atoms with van der Waals surface area (Å²) in [5.74, 6) is -0.162. The number of hydrogen-bond donors (Lipinski definition) is 4. The molecule has 0 spiro atoms. The number of aliphatic hydroxyl groups excluding tert-OH is 1. The Bertz CT molecular complexity index is 389. The summed E-state index contributed by atoms with van der Waals surface area (Å²) in [4.78, 5) is 11.5. The number of nitrogens with two attached hydrogens (primary N) is 1. The lowest BCUT2D eigenvalue weighted by Gasteiger charge is -2.17. The lowest BCUT2D eigenvalue weighted by Crippen LogP contribution is -2.24. The van der Waals surface area contributed by atoms with E-state index in [1.165, 1.54) is 0 Å². The van der Waals surface area contributed by atoms with Gasteiger partial charge in [0.2, 0.25) is 0 Å².